The van der Waals surface area contributed by atoms with Gasteiger partial charge in [-0.2, -0.15) is 0 Å². The average molecular weight is 303 g/mol. The minimum Gasteiger partial charge on any atom is -0.355 e. The molecular formula is C15H15BrN2. The SMILES string of the molecule is CN1Cc2ccccc2Nc2ccc(Br)cc2C1. The number of benzene rings is 2. The Hall–Kier alpha value is -1.32. The minimum absolute atomic E-state index is 0.954. The Morgan fingerprint density at radius 3 is 2.61 bits per heavy atom. The number of rotatable bonds is 0. The summed E-state index contributed by atoms with van der Waals surface area (Å²) in [4.78, 5) is 2.34. The number of anilines is 2. The summed E-state index contributed by atoms with van der Waals surface area (Å²) >= 11 is 3.54. The van der Waals surface area contributed by atoms with Gasteiger partial charge in [-0.1, -0.05) is 34.1 Å². The van der Waals surface area contributed by atoms with Crippen LogP contribution in [0.5, 0.6) is 0 Å². The second kappa shape index (κ2) is 4.75. The van der Waals surface area contributed by atoms with E-state index in [-0.39, 0.29) is 0 Å². The number of nitrogens with zero attached hydrogens (tertiary/aromatic N) is 1. The van der Waals surface area contributed by atoms with Gasteiger partial charge >= 0.3 is 0 Å². The molecule has 2 nitrogen and oxygen atoms in total. The molecule has 2 aromatic rings. The van der Waals surface area contributed by atoms with Crippen LogP contribution in [0.4, 0.5) is 11.4 Å². The normalized spacial score (nSPS) is 15.0. The summed E-state index contributed by atoms with van der Waals surface area (Å²) in [5, 5.41) is 3.54. The van der Waals surface area contributed by atoms with Crippen LogP contribution in [0.3, 0.4) is 0 Å². The molecule has 0 fully saturated rings. The number of fused-ring (bicyclic) bond motifs is 2. The van der Waals surface area contributed by atoms with Crippen LogP contribution in [0.2, 0.25) is 0 Å². The first kappa shape index (κ1) is 11.8. The number of nitrogens with one attached hydrogen (secondary N) is 1. The minimum atomic E-state index is 0.954. The summed E-state index contributed by atoms with van der Waals surface area (Å²) < 4.78 is 1.13. The van der Waals surface area contributed by atoms with Crippen molar-refractivity contribution in [2.24, 2.45) is 0 Å². The summed E-state index contributed by atoms with van der Waals surface area (Å²) in [6.45, 7) is 1.92. The Morgan fingerprint density at radius 2 is 1.72 bits per heavy atom. The molecule has 0 atom stereocenters. The number of para-hydroxylation sites is 1. The van der Waals surface area contributed by atoms with Crippen LogP contribution in [0.15, 0.2) is 46.9 Å². The Labute approximate surface area is 116 Å². The fourth-order valence-corrected chi connectivity index (χ4v) is 2.79. The molecule has 1 aliphatic rings. The van der Waals surface area contributed by atoms with E-state index in [1.165, 1.54) is 22.5 Å². The largest absolute Gasteiger partial charge is 0.355 e. The lowest BCUT2D eigenvalue weighted by Crippen LogP contribution is -2.20. The summed E-state index contributed by atoms with van der Waals surface area (Å²) in [5.74, 6) is 0. The highest BCUT2D eigenvalue weighted by Crippen LogP contribution is 2.30. The van der Waals surface area contributed by atoms with Gasteiger partial charge in [0.2, 0.25) is 0 Å². The van der Waals surface area contributed by atoms with Gasteiger partial charge in [0.15, 0.2) is 0 Å². The van der Waals surface area contributed by atoms with Crippen molar-refractivity contribution in [3.8, 4) is 0 Å². The van der Waals surface area contributed by atoms with Gasteiger partial charge in [-0.25, -0.2) is 0 Å². The maximum Gasteiger partial charge on any atom is 0.0430 e. The standard InChI is InChI=1S/C15H15BrN2/c1-18-9-11-4-2-3-5-14(11)17-15-7-6-13(16)8-12(15)10-18/h2-8,17H,9-10H2,1H3. The molecule has 0 unspecified atom stereocenters. The van der Waals surface area contributed by atoms with Crippen LogP contribution in [-0.2, 0) is 13.1 Å². The predicted octanol–water partition coefficient (Wildman–Crippen LogP) is 4.14. The van der Waals surface area contributed by atoms with Crippen molar-refractivity contribution in [2.75, 3.05) is 12.4 Å². The highest BCUT2D eigenvalue weighted by atomic mass is 79.9. The van der Waals surface area contributed by atoms with Crippen molar-refractivity contribution >= 4 is 27.3 Å². The zero-order valence-corrected chi connectivity index (χ0v) is 11.9. The van der Waals surface area contributed by atoms with Gasteiger partial charge < -0.3 is 5.32 Å². The van der Waals surface area contributed by atoms with E-state index in [1.807, 2.05) is 0 Å². The van der Waals surface area contributed by atoms with E-state index in [9.17, 15) is 0 Å². The molecule has 0 saturated carbocycles. The maximum absolute atomic E-state index is 3.54. The summed E-state index contributed by atoms with van der Waals surface area (Å²) in [6, 6.07) is 14.9. The molecule has 3 heteroatoms. The number of hydrogen-bond acceptors (Lipinski definition) is 2. The number of halogens is 1. The summed E-state index contributed by atoms with van der Waals surface area (Å²) in [5.41, 5.74) is 5.06. The van der Waals surface area contributed by atoms with E-state index < -0.39 is 0 Å². The monoisotopic (exact) mass is 302 g/mol. The first-order valence-electron chi connectivity index (χ1n) is 6.04. The lowest BCUT2D eigenvalue weighted by atomic mass is 10.1. The Morgan fingerprint density at radius 1 is 1.00 bits per heavy atom. The molecule has 1 heterocycles. The molecule has 1 N–H and O–H groups in total. The summed E-state index contributed by atoms with van der Waals surface area (Å²) in [7, 11) is 2.16. The third-order valence-corrected chi connectivity index (χ3v) is 3.73. The molecule has 1 aliphatic heterocycles. The molecule has 0 spiro atoms. The Kier molecular flexibility index (Phi) is 3.10. The van der Waals surface area contributed by atoms with Crippen molar-refractivity contribution in [1.82, 2.24) is 4.90 Å². The molecule has 0 saturated heterocycles. The smallest absolute Gasteiger partial charge is 0.0430 e. The van der Waals surface area contributed by atoms with E-state index in [0.717, 1.165) is 17.6 Å². The van der Waals surface area contributed by atoms with Gasteiger partial charge in [-0.15, -0.1) is 0 Å². The Bertz CT molecular complexity index is 580. The lowest BCUT2D eigenvalue weighted by Gasteiger charge is -2.25. The third-order valence-electron chi connectivity index (χ3n) is 3.23. The molecule has 2 aromatic carbocycles. The molecular weight excluding hydrogens is 288 g/mol. The van der Waals surface area contributed by atoms with Crippen molar-refractivity contribution in [2.45, 2.75) is 13.1 Å². The second-order valence-corrected chi connectivity index (χ2v) is 5.67. The molecule has 0 aliphatic carbocycles. The van der Waals surface area contributed by atoms with Gasteiger partial charge in [-0.3, -0.25) is 4.90 Å². The fraction of sp³-hybridized carbons (Fsp3) is 0.200. The van der Waals surface area contributed by atoms with E-state index in [1.54, 1.807) is 0 Å². The third kappa shape index (κ3) is 2.28. The van der Waals surface area contributed by atoms with Crippen LogP contribution < -0.4 is 5.32 Å². The van der Waals surface area contributed by atoms with Crippen molar-refractivity contribution in [1.29, 1.82) is 0 Å². The van der Waals surface area contributed by atoms with E-state index in [4.69, 9.17) is 0 Å². The molecule has 18 heavy (non-hydrogen) atoms. The van der Waals surface area contributed by atoms with Gasteiger partial charge in [0.05, 0.1) is 0 Å². The first-order valence-corrected chi connectivity index (χ1v) is 6.83. The highest BCUT2D eigenvalue weighted by molar-refractivity contribution is 9.10. The number of hydrogen-bond donors (Lipinski definition) is 1. The second-order valence-electron chi connectivity index (χ2n) is 4.76. The van der Waals surface area contributed by atoms with Crippen molar-refractivity contribution < 1.29 is 0 Å². The topological polar surface area (TPSA) is 15.3 Å². The molecule has 3 rings (SSSR count). The van der Waals surface area contributed by atoms with Crippen LogP contribution in [0.1, 0.15) is 11.1 Å². The Balaban J connectivity index is 2.09. The molecule has 0 radical (unpaired) electrons. The summed E-state index contributed by atoms with van der Waals surface area (Å²) in [6.07, 6.45) is 0. The van der Waals surface area contributed by atoms with Crippen LogP contribution in [-0.4, -0.2) is 11.9 Å². The zero-order chi connectivity index (χ0) is 12.5. The fourth-order valence-electron chi connectivity index (χ4n) is 2.38. The highest BCUT2D eigenvalue weighted by Gasteiger charge is 2.13. The maximum atomic E-state index is 3.54. The van der Waals surface area contributed by atoms with Crippen molar-refractivity contribution in [3.05, 3.63) is 58.1 Å². The molecule has 0 bridgehead atoms. The van der Waals surface area contributed by atoms with E-state index in [0.29, 0.717) is 0 Å². The van der Waals surface area contributed by atoms with Gasteiger partial charge in [0.25, 0.3) is 0 Å². The van der Waals surface area contributed by atoms with E-state index in [2.05, 4.69) is 75.7 Å². The van der Waals surface area contributed by atoms with Gasteiger partial charge in [0, 0.05) is 28.9 Å². The molecule has 92 valence electrons. The van der Waals surface area contributed by atoms with Gasteiger partial charge in [-0.05, 0) is 42.4 Å². The van der Waals surface area contributed by atoms with Crippen LogP contribution >= 0.6 is 15.9 Å². The first-order chi connectivity index (χ1) is 8.72. The van der Waals surface area contributed by atoms with E-state index >= 15 is 0 Å². The molecule has 0 aromatic heterocycles. The van der Waals surface area contributed by atoms with Crippen molar-refractivity contribution in [3.63, 3.8) is 0 Å². The van der Waals surface area contributed by atoms with Gasteiger partial charge in [0.1, 0.15) is 0 Å². The molecule has 0 amide bonds. The van der Waals surface area contributed by atoms with Crippen LogP contribution in [0, 0.1) is 0 Å². The van der Waals surface area contributed by atoms with Crippen LogP contribution in [0.25, 0.3) is 0 Å². The zero-order valence-electron chi connectivity index (χ0n) is 10.3. The average Bonchev–Trinajstić information content (AvgIpc) is 2.32. The predicted molar refractivity (Wildman–Crippen MR) is 79.0 cm³/mol. The lowest BCUT2D eigenvalue weighted by molar-refractivity contribution is 0.319. The quantitative estimate of drug-likeness (QED) is 0.787.